The average Bonchev–Trinajstić information content (AvgIpc) is 2.91. The molecule has 2 rings (SSSR count). The second-order valence-corrected chi connectivity index (χ2v) is 9.52. The fourth-order valence-electron chi connectivity index (χ4n) is 3.90. The largest absolute Gasteiger partial charge is 0.480 e. The summed E-state index contributed by atoms with van der Waals surface area (Å²) in [5, 5.41) is 22.2. The number of carbonyl (C=O) groups is 5. The minimum absolute atomic E-state index is 0.00870. The minimum Gasteiger partial charge on any atom is -0.480 e. The van der Waals surface area contributed by atoms with Crippen LogP contribution in [0.15, 0.2) is 54.6 Å². The summed E-state index contributed by atoms with van der Waals surface area (Å²) in [6, 6.07) is 13.8. The normalized spacial score (nSPS) is 12.2. The molecule has 0 bridgehead atoms. The smallest absolute Gasteiger partial charge is 0.337 e. The first-order chi connectivity index (χ1) is 18.5. The van der Waals surface area contributed by atoms with Crippen LogP contribution in [0.2, 0.25) is 0 Å². The van der Waals surface area contributed by atoms with Gasteiger partial charge in [-0.3, -0.25) is 19.6 Å². The highest BCUT2D eigenvalue weighted by Crippen LogP contribution is 2.17. The van der Waals surface area contributed by atoms with Crippen LogP contribution in [0.1, 0.15) is 65.8 Å². The van der Waals surface area contributed by atoms with Crippen LogP contribution in [0, 0.1) is 11.8 Å². The van der Waals surface area contributed by atoms with Gasteiger partial charge in [-0.15, -0.1) is 5.17 Å². The van der Waals surface area contributed by atoms with Gasteiger partial charge in [0.2, 0.25) is 5.91 Å². The molecule has 2 atom stereocenters. The number of aliphatic carboxylic acids is 1. The predicted molar refractivity (Wildman–Crippen MR) is 140 cm³/mol. The zero-order valence-electron chi connectivity index (χ0n) is 22.3. The van der Waals surface area contributed by atoms with E-state index in [9.17, 15) is 34.3 Å². The van der Waals surface area contributed by atoms with Gasteiger partial charge >= 0.3 is 11.9 Å². The summed E-state index contributed by atoms with van der Waals surface area (Å²) in [4.78, 5) is 61.4. The Bertz CT molecular complexity index is 1140. The van der Waals surface area contributed by atoms with Gasteiger partial charge in [0.05, 0.1) is 12.7 Å². The Morgan fingerprint density at radius 3 is 2.13 bits per heavy atom. The van der Waals surface area contributed by atoms with E-state index in [1.807, 2.05) is 49.6 Å². The van der Waals surface area contributed by atoms with Crippen molar-refractivity contribution in [1.29, 1.82) is 0 Å². The standard InChI is InChI=1S/C28H35N3O8/c1-18(2)16-23(27(35)36)29-25(33)22(11-7-10-19-8-5-4-6-9-19)17-24(32)31(38)30-26(34)20-12-14-21(15-13-20)28(37)39-3/h4-6,8-9,12-15,18,22-23,38H,7,10-11,16-17H2,1-3H3,(H,29,33)(H,30,34)(H,35,36)/t22?,23-/m0/s1. The van der Waals surface area contributed by atoms with Crippen LogP contribution in [0.5, 0.6) is 0 Å². The molecular weight excluding hydrogens is 506 g/mol. The van der Waals surface area contributed by atoms with Gasteiger partial charge in [0, 0.05) is 17.9 Å². The first-order valence-corrected chi connectivity index (χ1v) is 12.6. The summed E-state index contributed by atoms with van der Waals surface area (Å²) in [7, 11) is 1.22. The number of aryl methyl sites for hydroxylation is 1. The SMILES string of the molecule is COC(=O)c1ccc(C(=O)NN(O)C(=O)CC(CCCc2ccccc2)C(=O)N[C@@H](CC(C)C)C(=O)O)cc1. The van der Waals surface area contributed by atoms with E-state index in [0.717, 1.165) is 5.56 Å². The molecule has 0 heterocycles. The highest BCUT2D eigenvalue weighted by Gasteiger charge is 2.29. The third-order valence-electron chi connectivity index (χ3n) is 5.99. The van der Waals surface area contributed by atoms with Gasteiger partial charge in [-0.25, -0.2) is 15.0 Å². The predicted octanol–water partition coefficient (Wildman–Crippen LogP) is 2.98. The molecule has 0 fully saturated rings. The quantitative estimate of drug-likeness (QED) is 0.171. The lowest BCUT2D eigenvalue weighted by Crippen LogP contribution is -2.47. The van der Waals surface area contributed by atoms with Gasteiger partial charge in [-0.05, 0) is 61.4 Å². The van der Waals surface area contributed by atoms with Crippen LogP contribution in [-0.4, -0.2) is 58.3 Å². The Balaban J connectivity index is 2.07. The van der Waals surface area contributed by atoms with Crippen molar-refractivity contribution in [2.75, 3.05) is 7.11 Å². The summed E-state index contributed by atoms with van der Waals surface area (Å²) in [6.07, 6.45) is 1.16. The van der Waals surface area contributed by atoms with Crippen molar-refractivity contribution in [3.05, 3.63) is 71.3 Å². The summed E-state index contributed by atoms with van der Waals surface area (Å²) in [5.74, 6) is -5.10. The van der Waals surface area contributed by atoms with E-state index in [-0.39, 0.29) is 35.1 Å². The number of carboxylic acid groups (broad SMARTS) is 1. The molecule has 3 amide bonds. The number of hydrazine groups is 1. The van der Waals surface area contributed by atoms with E-state index < -0.39 is 48.0 Å². The molecule has 0 aliphatic rings. The van der Waals surface area contributed by atoms with E-state index in [2.05, 4.69) is 10.1 Å². The van der Waals surface area contributed by atoms with Gasteiger partial charge < -0.3 is 15.2 Å². The average molecular weight is 542 g/mol. The molecule has 2 aromatic rings. The maximum Gasteiger partial charge on any atom is 0.337 e. The lowest BCUT2D eigenvalue weighted by molar-refractivity contribution is -0.177. The number of esters is 1. The molecule has 1 unspecified atom stereocenters. The van der Waals surface area contributed by atoms with Crippen molar-refractivity contribution in [3.63, 3.8) is 0 Å². The molecule has 210 valence electrons. The zero-order valence-corrected chi connectivity index (χ0v) is 22.3. The number of hydroxylamine groups is 1. The number of nitrogens with zero attached hydrogens (tertiary/aromatic N) is 1. The highest BCUT2D eigenvalue weighted by molar-refractivity contribution is 5.97. The summed E-state index contributed by atoms with van der Waals surface area (Å²) >= 11 is 0. The monoisotopic (exact) mass is 541 g/mol. The van der Waals surface area contributed by atoms with Crippen LogP contribution >= 0.6 is 0 Å². The number of rotatable bonds is 13. The highest BCUT2D eigenvalue weighted by atomic mass is 16.6. The number of methoxy groups -OCH3 is 1. The Hall–Kier alpha value is -4.25. The number of ether oxygens (including phenoxy) is 1. The summed E-state index contributed by atoms with van der Waals surface area (Å²) in [5.41, 5.74) is 3.35. The molecule has 11 heteroatoms. The van der Waals surface area contributed by atoms with Gasteiger partial charge in [0.1, 0.15) is 6.04 Å². The number of benzene rings is 2. The molecule has 0 saturated carbocycles. The van der Waals surface area contributed by atoms with Gasteiger partial charge in [-0.1, -0.05) is 44.2 Å². The van der Waals surface area contributed by atoms with Crippen LogP contribution in [-0.2, 0) is 25.5 Å². The first kappa shape index (κ1) is 31.0. The number of hydrogen-bond acceptors (Lipinski definition) is 7. The summed E-state index contributed by atoms with van der Waals surface area (Å²) in [6.45, 7) is 3.66. The van der Waals surface area contributed by atoms with E-state index in [1.165, 1.54) is 31.4 Å². The van der Waals surface area contributed by atoms with E-state index in [4.69, 9.17) is 0 Å². The van der Waals surface area contributed by atoms with Crippen molar-refractivity contribution in [1.82, 2.24) is 15.9 Å². The topological polar surface area (TPSA) is 162 Å². The minimum atomic E-state index is -1.18. The molecule has 0 saturated heterocycles. The Kier molecular flexibility index (Phi) is 12.1. The second kappa shape index (κ2) is 15.2. The maximum absolute atomic E-state index is 13.0. The molecule has 0 aliphatic carbocycles. The lowest BCUT2D eigenvalue weighted by atomic mass is 9.94. The fraction of sp³-hybridized carbons (Fsp3) is 0.393. The van der Waals surface area contributed by atoms with Crippen molar-refractivity contribution in [2.45, 2.75) is 52.0 Å². The van der Waals surface area contributed by atoms with Crippen LogP contribution < -0.4 is 10.7 Å². The second-order valence-electron chi connectivity index (χ2n) is 9.52. The molecule has 39 heavy (non-hydrogen) atoms. The van der Waals surface area contributed by atoms with E-state index in [0.29, 0.717) is 12.8 Å². The number of carbonyl (C=O) groups excluding carboxylic acids is 4. The van der Waals surface area contributed by atoms with Gasteiger partial charge in [0.25, 0.3) is 11.8 Å². The number of nitrogens with one attached hydrogen (secondary N) is 2. The third-order valence-corrected chi connectivity index (χ3v) is 5.99. The number of hydrogen-bond donors (Lipinski definition) is 4. The van der Waals surface area contributed by atoms with Crippen molar-refractivity contribution in [2.24, 2.45) is 11.8 Å². The molecule has 11 nitrogen and oxygen atoms in total. The number of carboxylic acids is 1. The molecule has 4 N–H and O–H groups in total. The third kappa shape index (κ3) is 10.2. The fourth-order valence-corrected chi connectivity index (χ4v) is 3.90. The van der Waals surface area contributed by atoms with Crippen LogP contribution in [0.3, 0.4) is 0 Å². The maximum atomic E-state index is 13.0. The van der Waals surface area contributed by atoms with E-state index >= 15 is 0 Å². The lowest BCUT2D eigenvalue weighted by Gasteiger charge is -2.23. The van der Waals surface area contributed by atoms with Crippen LogP contribution in [0.25, 0.3) is 0 Å². The molecule has 2 aromatic carbocycles. The zero-order chi connectivity index (χ0) is 28.9. The Morgan fingerprint density at radius 2 is 1.56 bits per heavy atom. The molecule has 0 aliphatic heterocycles. The van der Waals surface area contributed by atoms with Crippen molar-refractivity contribution < 1.29 is 39.0 Å². The van der Waals surface area contributed by atoms with Crippen molar-refractivity contribution in [3.8, 4) is 0 Å². The van der Waals surface area contributed by atoms with Gasteiger partial charge in [-0.2, -0.15) is 0 Å². The van der Waals surface area contributed by atoms with Crippen LogP contribution in [0.4, 0.5) is 0 Å². The molecule has 0 radical (unpaired) electrons. The molecular formula is C28H35N3O8. The van der Waals surface area contributed by atoms with Crippen molar-refractivity contribution >= 4 is 29.7 Å². The summed E-state index contributed by atoms with van der Waals surface area (Å²) < 4.78 is 4.60. The van der Waals surface area contributed by atoms with E-state index in [1.54, 1.807) is 0 Å². The number of amides is 3. The Morgan fingerprint density at radius 1 is 0.949 bits per heavy atom. The molecule has 0 aromatic heterocycles. The Labute approximate surface area is 227 Å². The van der Waals surface area contributed by atoms with Gasteiger partial charge in [0.15, 0.2) is 0 Å². The molecule has 0 spiro atoms. The first-order valence-electron chi connectivity index (χ1n) is 12.6.